The third-order valence-electron chi connectivity index (χ3n) is 4.65. The molecule has 11 heteroatoms. The Morgan fingerprint density at radius 3 is 2.66 bits per heavy atom. The van der Waals surface area contributed by atoms with Crippen LogP contribution < -0.4 is 11.5 Å². The fraction of sp³-hybridized carbons (Fsp3) is 0.333. The molecule has 0 atom stereocenters. The van der Waals surface area contributed by atoms with E-state index in [0.29, 0.717) is 37.0 Å². The smallest absolute Gasteiger partial charge is 0.267 e. The number of carbonyl (C=O) groups is 1. The van der Waals surface area contributed by atoms with E-state index in [-0.39, 0.29) is 5.69 Å². The maximum absolute atomic E-state index is 11.8. The Bertz CT molecular complexity index is 1220. The topological polar surface area (TPSA) is 148 Å². The van der Waals surface area contributed by atoms with E-state index in [9.17, 15) is 4.79 Å². The molecule has 0 bridgehead atoms. The van der Waals surface area contributed by atoms with Gasteiger partial charge in [0.25, 0.3) is 5.91 Å². The number of primary amides is 1. The molecule has 0 radical (unpaired) electrons. The van der Waals surface area contributed by atoms with Gasteiger partial charge in [-0.1, -0.05) is 0 Å². The van der Waals surface area contributed by atoms with E-state index >= 15 is 0 Å². The van der Waals surface area contributed by atoms with E-state index in [0.717, 1.165) is 22.3 Å². The van der Waals surface area contributed by atoms with Crippen molar-refractivity contribution in [1.82, 2.24) is 39.3 Å². The van der Waals surface area contributed by atoms with Gasteiger partial charge in [0.2, 0.25) is 0 Å². The summed E-state index contributed by atoms with van der Waals surface area (Å²) in [5, 5.41) is 14.1. The van der Waals surface area contributed by atoms with Crippen LogP contribution in [0.3, 0.4) is 0 Å². The Morgan fingerprint density at radius 2 is 1.97 bits per heavy atom. The SMILES string of the molecule is CCn1nc(C)cc1-c1nc(-c2nc(C(N)=O)cc3c2cnn3C)n(CCN)n1. The third-order valence-corrected chi connectivity index (χ3v) is 4.65. The van der Waals surface area contributed by atoms with E-state index in [2.05, 4.69) is 20.3 Å². The number of rotatable bonds is 6. The zero-order valence-electron chi connectivity index (χ0n) is 16.5. The van der Waals surface area contributed by atoms with Crippen LogP contribution in [-0.4, -0.2) is 51.8 Å². The standard InChI is InChI=1S/C18H22N10O/c1-4-27-14(7-10(2)24-27)17-23-18(28(25-17)6-5-19)15-11-9-21-26(3)13(11)8-12(22-15)16(20)29/h7-9H,4-6,19H2,1-3H3,(H2,20,29). The maximum atomic E-state index is 11.8. The van der Waals surface area contributed by atoms with Crippen molar-refractivity contribution in [3.8, 4) is 23.0 Å². The molecule has 0 aliphatic carbocycles. The molecular weight excluding hydrogens is 372 g/mol. The van der Waals surface area contributed by atoms with Crippen LogP contribution in [0, 0.1) is 6.92 Å². The lowest BCUT2D eigenvalue weighted by Crippen LogP contribution is -2.15. The fourth-order valence-electron chi connectivity index (χ4n) is 3.31. The van der Waals surface area contributed by atoms with Crippen molar-refractivity contribution in [1.29, 1.82) is 0 Å². The Hall–Kier alpha value is -3.60. The number of nitrogens with zero attached hydrogens (tertiary/aromatic N) is 8. The lowest BCUT2D eigenvalue weighted by atomic mass is 10.2. The van der Waals surface area contributed by atoms with Crippen LogP contribution in [0.2, 0.25) is 0 Å². The number of pyridine rings is 1. The van der Waals surface area contributed by atoms with Gasteiger partial charge in [0.1, 0.15) is 17.1 Å². The van der Waals surface area contributed by atoms with Crippen molar-refractivity contribution in [3.63, 3.8) is 0 Å². The Balaban J connectivity index is 1.97. The Morgan fingerprint density at radius 1 is 1.17 bits per heavy atom. The summed E-state index contributed by atoms with van der Waals surface area (Å²) in [5.41, 5.74) is 14.3. The molecule has 0 fully saturated rings. The summed E-state index contributed by atoms with van der Waals surface area (Å²) >= 11 is 0. The van der Waals surface area contributed by atoms with Crippen LogP contribution in [-0.2, 0) is 20.1 Å². The number of aryl methyl sites for hydroxylation is 3. The van der Waals surface area contributed by atoms with Crippen molar-refractivity contribution in [2.75, 3.05) is 6.54 Å². The van der Waals surface area contributed by atoms with Crippen LogP contribution in [0.15, 0.2) is 18.3 Å². The third kappa shape index (κ3) is 3.14. The summed E-state index contributed by atoms with van der Waals surface area (Å²) in [4.78, 5) is 21.0. The normalized spacial score (nSPS) is 11.4. The van der Waals surface area contributed by atoms with Crippen LogP contribution in [0.4, 0.5) is 0 Å². The van der Waals surface area contributed by atoms with Crippen molar-refractivity contribution in [3.05, 3.63) is 29.7 Å². The van der Waals surface area contributed by atoms with E-state index in [1.54, 1.807) is 28.7 Å². The molecule has 0 saturated heterocycles. The van der Waals surface area contributed by atoms with Crippen LogP contribution in [0.1, 0.15) is 23.1 Å². The lowest BCUT2D eigenvalue weighted by Gasteiger charge is -2.07. The summed E-state index contributed by atoms with van der Waals surface area (Å²) in [5.74, 6) is 0.381. The predicted molar refractivity (Wildman–Crippen MR) is 107 cm³/mol. The Labute approximate surface area is 166 Å². The molecule has 0 spiro atoms. The molecule has 0 aliphatic rings. The minimum absolute atomic E-state index is 0.134. The maximum Gasteiger partial charge on any atom is 0.267 e. The second-order valence-electron chi connectivity index (χ2n) is 6.68. The molecule has 0 aliphatic heterocycles. The molecule has 4 heterocycles. The number of nitrogens with two attached hydrogens (primary N) is 2. The van der Waals surface area contributed by atoms with Crippen molar-refractivity contribution in [2.45, 2.75) is 26.9 Å². The molecule has 0 aromatic carbocycles. The van der Waals surface area contributed by atoms with Gasteiger partial charge in [-0.15, -0.1) is 5.10 Å². The lowest BCUT2D eigenvalue weighted by molar-refractivity contribution is 0.0996. The largest absolute Gasteiger partial charge is 0.364 e. The van der Waals surface area contributed by atoms with Gasteiger partial charge < -0.3 is 11.5 Å². The second-order valence-corrected chi connectivity index (χ2v) is 6.68. The van der Waals surface area contributed by atoms with E-state index in [4.69, 9.17) is 16.5 Å². The highest BCUT2D eigenvalue weighted by Gasteiger charge is 2.22. The summed E-state index contributed by atoms with van der Waals surface area (Å²) in [6.07, 6.45) is 1.68. The predicted octanol–water partition coefficient (Wildman–Crippen LogP) is 0.476. The first-order chi connectivity index (χ1) is 13.9. The first-order valence-electron chi connectivity index (χ1n) is 9.25. The van der Waals surface area contributed by atoms with E-state index < -0.39 is 5.91 Å². The highest BCUT2D eigenvalue weighted by Crippen LogP contribution is 2.28. The summed E-state index contributed by atoms with van der Waals surface area (Å²) in [7, 11) is 1.79. The molecule has 4 N–H and O–H groups in total. The second kappa shape index (κ2) is 7.09. The van der Waals surface area contributed by atoms with Crippen molar-refractivity contribution >= 4 is 16.8 Å². The first kappa shape index (κ1) is 18.7. The Kier molecular flexibility index (Phi) is 4.59. The van der Waals surface area contributed by atoms with Gasteiger partial charge in [-0.25, -0.2) is 14.6 Å². The molecule has 29 heavy (non-hydrogen) atoms. The van der Waals surface area contributed by atoms with Crippen LogP contribution >= 0.6 is 0 Å². The summed E-state index contributed by atoms with van der Waals surface area (Å²) < 4.78 is 5.19. The monoisotopic (exact) mass is 394 g/mol. The molecule has 0 saturated carbocycles. The molecule has 4 aromatic heterocycles. The van der Waals surface area contributed by atoms with Crippen molar-refractivity contribution in [2.24, 2.45) is 18.5 Å². The molecule has 11 nitrogen and oxygen atoms in total. The zero-order valence-corrected chi connectivity index (χ0v) is 16.5. The number of carbonyl (C=O) groups excluding carboxylic acids is 1. The molecule has 1 amide bonds. The van der Waals surface area contributed by atoms with Gasteiger partial charge >= 0.3 is 0 Å². The molecule has 0 unspecified atom stereocenters. The number of hydrogen-bond acceptors (Lipinski definition) is 7. The molecular formula is C18H22N10O. The zero-order chi connectivity index (χ0) is 20.7. The highest BCUT2D eigenvalue weighted by atomic mass is 16.1. The quantitative estimate of drug-likeness (QED) is 0.483. The van der Waals surface area contributed by atoms with Gasteiger partial charge in [0.15, 0.2) is 11.6 Å². The van der Waals surface area contributed by atoms with Gasteiger partial charge in [0.05, 0.1) is 24.0 Å². The van der Waals surface area contributed by atoms with Gasteiger partial charge in [-0.3, -0.25) is 14.2 Å². The van der Waals surface area contributed by atoms with Gasteiger partial charge in [-0.2, -0.15) is 10.2 Å². The van der Waals surface area contributed by atoms with E-state index in [1.807, 2.05) is 24.6 Å². The van der Waals surface area contributed by atoms with Gasteiger partial charge in [0, 0.05) is 25.5 Å². The average Bonchev–Trinajstić information content (AvgIpc) is 3.38. The molecule has 4 aromatic rings. The number of hydrogen-bond donors (Lipinski definition) is 2. The van der Waals surface area contributed by atoms with Crippen molar-refractivity contribution < 1.29 is 4.79 Å². The molecule has 150 valence electrons. The van der Waals surface area contributed by atoms with Gasteiger partial charge in [-0.05, 0) is 26.0 Å². The number of aromatic nitrogens is 8. The number of amides is 1. The minimum atomic E-state index is -0.626. The number of fused-ring (bicyclic) bond motifs is 1. The molecule has 4 rings (SSSR count). The van der Waals surface area contributed by atoms with E-state index in [1.165, 1.54) is 0 Å². The summed E-state index contributed by atoms with van der Waals surface area (Å²) in [6.45, 7) is 5.42. The average molecular weight is 394 g/mol. The first-order valence-corrected chi connectivity index (χ1v) is 9.25. The van der Waals surface area contributed by atoms with Crippen LogP contribution in [0.5, 0.6) is 0 Å². The summed E-state index contributed by atoms with van der Waals surface area (Å²) in [6, 6.07) is 3.55. The highest BCUT2D eigenvalue weighted by molar-refractivity contribution is 5.99. The fourth-order valence-corrected chi connectivity index (χ4v) is 3.31. The minimum Gasteiger partial charge on any atom is -0.364 e. The van der Waals surface area contributed by atoms with Crippen LogP contribution in [0.25, 0.3) is 33.9 Å².